The van der Waals surface area contributed by atoms with Gasteiger partial charge in [-0.3, -0.25) is 4.79 Å². The Morgan fingerprint density at radius 3 is 2.50 bits per heavy atom. The van der Waals surface area contributed by atoms with E-state index < -0.39 is 10.0 Å². The van der Waals surface area contributed by atoms with Gasteiger partial charge in [-0.15, -0.1) is 11.3 Å². The van der Waals surface area contributed by atoms with Gasteiger partial charge in [0.05, 0.1) is 15.1 Å². The van der Waals surface area contributed by atoms with Gasteiger partial charge < -0.3 is 10.2 Å². The molecule has 7 nitrogen and oxygen atoms in total. The largest absolute Gasteiger partial charge is 0.322 e. The lowest BCUT2D eigenvalue weighted by molar-refractivity contribution is 0.102. The molecular weight excluding hydrogens is 468 g/mol. The number of nitrogens with zero attached hydrogens (tertiary/aromatic N) is 3. The predicted molar refractivity (Wildman–Crippen MR) is 136 cm³/mol. The van der Waals surface area contributed by atoms with Crippen molar-refractivity contribution in [3.8, 4) is 10.6 Å². The zero-order valence-electron chi connectivity index (χ0n) is 18.6. The van der Waals surface area contributed by atoms with E-state index in [1.807, 2.05) is 49.5 Å². The fourth-order valence-corrected chi connectivity index (χ4v) is 6.33. The van der Waals surface area contributed by atoms with E-state index in [1.54, 1.807) is 29.5 Å². The van der Waals surface area contributed by atoms with E-state index in [1.165, 1.54) is 16.4 Å². The van der Waals surface area contributed by atoms with Crippen molar-refractivity contribution in [1.82, 2.24) is 14.2 Å². The first-order chi connectivity index (χ1) is 16.4. The van der Waals surface area contributed by atoms with E-state index in [2.05, 4.69) is 15.2 Å². The SMILES string of the molecule is CN1CCN(S(=O)(=O)c2cccc(C(=O)Nc3cccc(-c4nc5ccccc5s4)c3)c2)CC1. The van der Waals surface area contributed by atoms with E-state index in [4.69, 9.17) is 0 Å². The first-order valence-corrected chi connectivity index (χ1v) is 13.2. The average molecular weight is 493 g/mol. The smallest absolute Gasteiger partial charge is 0.255 e. The van der Waals surface area contributed by atoms with Crippen LogP contribution < -0.4 is 5.32 Å². The molecule has 34 heavy (non-hydrogen) atoms. The summed E-state index contributed by atoms with van der Waals surface area (Å²) in [7, 11) is -1.68. The van der Waals surface area contributed by atoms with Gasteiger partial charge in [-0.2, -0.15) is 4.31 Å². The fraction of sp³-hybridized carbons (Fsp3) is 0.200. The van der Waals surface area contributed by atoms with Crippen LogP contribution in [0.3, 0.4) is 0 Å². The highest BCUT2D eigenvalue weighted by atomic mass is 32.2. The van der Waals surface area contributed by atoms with Gasteiger partial charge in [0.1, 0.15) is 5.01 Å². The summed E-state index contributed by atoms with van der Waals surface area (Å²) in [4.78, 5) is 19.9. The normalized spacial score (nSPS) is 15.4. The molecule has 0 bridgehead atoms. The second-order valence-corrected chi connectivity index (χ2v) is 11.2. The molecule has 1 aliphatic rings. The Kier molecular flexibility index (Phi) is 6.18. The van der Waals surface area contributed by atoms with Crippen LogP contribution in [0, 0.1) is 0 Å². The van der Waals surface area contributed by atoms with Crippen molar-refractivity contribution in [2.75, 3.05) is 38.5 Å². The summed E-state index contributed by atoms with van der Waals surface area (Å²) in [5, 5.41) is 3.76. The molecule has 1 aliphatic heterocycles. The minimum absolute atomic E-state index is 0.132. The van der Waals surface area contributed by atoms with Crippen LogP contribution in [-0.4, -0.2) is 61.7 Å². The summed E-state index contributed by atoms with van der Waals surface area (Å²) in [6.07, 6.45) is 0. The van der Waals surface area contributed by atoms with Gasteiger partial charge in [0.2, 0.25) is 10.0 Å². The summed E-state index contributed by atoms with van der Waals surface area (Å²) in [6, 6.07) is 21.7. The first-order valence-electron chi connectivity index (χ1n) is 11.0. The van der Waals surface area contributed by atoms with Crippen LogP contribution in [0.2, 0.25) is 0 Å². The Labute approximate surface area is 202 Å². The van der Waals surface area contributed by atoms with Crippen LogP contribution in [0.25, 0.3) is 20.8 Å². The van der Waals surface area contributed by atoms with Crippen molar-refractivity contribution in [1.29, 1.82) is 0 Å². The van der Waals surface area contributed by atoms with Crippen molar-refractivity contribution in [2.45, 2.75) is 4.90 Å². The molecule has 0 atom stereocenters. The number of amides is 1. The van der Waals surface area contributed by atoms with E-state index in [-0.39, 0.29) is 10.8 Å². The minimum atomic E-state index is -3.65. The van der Waals surface area contributed by atoms with Gasteiger partial charge in [-0.1, -0.05) is 30.3 Å². The lowest BCUT2D eigenvalue weighted by Gasteiger charge is -2.31. The molecule has 1 amide bonds. The number of nitrogens with one attached hydrogen (secondary N) is 1. The van der Waals surface area contributed by atoms with Crippen LogP contribution in [0.1, 0.15) is 10.4 Å². The van der Waals surface area contributed by atoms with Gasteiger partial charge in [0.25, 0.3) is 5.91 Å². The van der Waals surface area contributed by atoms with Crippen molar-refractivity contribution >= 4 is 43.2 Å². The summed E-state index contributed by atoms with van der Waals surface area (Å²) in [5.41, 5.74) is 2.76. The Balaban J connectivity index is 1.35. The summed E-state index contributed by atoms with van der Waals surface area (Å²) < 4.78 is 28.7. The molecule has 1 fully saturated rings. The van der Waals surface area contributed by atoms with Gasteiger partial charge in [0, 0.05) is 43.0 Å². The molecule has 0 radical (unpaired) electrons. The number of para-hydroxylation sites is 1. The number of piperazine rings is 1. The van der Waals surface area contributed by atoms with Gasteiger partial charge in [-0.05, 0) is 49.5 Å². The maximum Gasteiger partial charge on any atom is 0.255 e. The maximum absolute atomic E-state index is 13.1. The standard InChI is InChI=1S/C25H24N4O3S2/c1-28-12-14-29(15-13-28)34(31,32)21-9-5-6-18(17-21)24(30)26-20-8-4-7-19(16-20)25-27-22-10-2-3-11-23(22)33-25/h2-11,16-17H,12-15H2,1H3,(H,26,30). The number of anilines is 1. The van der Waals surface area contributed by atoms with E-state index in [0.29, 0.717) is 37.4 Å². The fourth-order valence-electron chi connectivity index (χ4n) is 3.90. The first kappa shape index (κ1) is 22.7. The molecule has 1 saturated heterocycles. The maximum atomic E-state index is 13.1. The van der Waals surface area contributed by atoms with Gasteiger partial charge >= 0.3 is 0 Å². The monoisotopic (exact) mass is 492 g/mol. The quantitative estimate of drug-likeness (QED) is 0.453. The topological polar surface area (TPSA) is 82.6 Å². The van der Waals surface area contributed by atoms with Crippen LogP contribution in [0.4, 0.5) is 5.69 Å². The van der Waals surface area contributed by atoms with Crippen molar-refractivity contribution in [3.05, 3.63) is 78.4 Å². The molecule has 9 heteroatoms. The van der Waals surface area contributed by atoms with Crippen LogP contribution in [0.5, 0.6) is 0 Å². The highest BCUT2D eigenvalue weighted by Crippen LogP contribution is 2.31. The number of likely N-dealkylation sites (N-methyl/N-ethyl adjacent to an activating group) is 1. The molecule has 1 N–H and O–H groups in total. The Morgan fingerprint density at radius 1 is 0.941 bits per heavy atom. The lowest BCUT2D eigenvalue weighted by Crippen LogP contribution is -2.47. The third-order valence-electron chi connectivity index (χ3n) is 5.86. The zero-order chi connectivity index (χ0) is 23.7. The molecule has 0 unspecified atom stereocenters. The second kappa shape index (κ2) is 9.27. The highest BCUT2D eigenvalue weighted by molar-refractivity contribution is 7.89. The molecule has 174 valence electrons. The number of thiazole rings is 1. The molecule has 0 aliphatic carbocycles. The Morgan fingerprint density at radius 2 is 1.71 bits per heavy atom. The molecule has 3 aromatic carbocycles. The highest BCUT2D eigenvalue weighted by Gasteiger charge is 2.28. The summed E-state index contributed by atoms with van der Waals surface area (Å²) in [5.74, 6) is -0.364. The second-order valence-electron chi connectivity index (χ2n) is 8.26. The lowest BCUT2D eigenvalue weighted by atomic mass is 10.2. The number of hydrogen-bond donors (Lipinski definition) is 1. The van der Waals surface area contributed by atoms with Gasteiger partial charge in [-0.25, -0.2) is 13.4 Å². The number of aromatic nitrogens is 1. The number of fused-ring (bicyclic) bond motifs is 1. The van der Waals surface area contributed by atoms with E-state index in [0.717, 1.165) is 20.8 Å². The molecule has 1 aromatic heterocycles. The molecular formula is C25H24N4O3S2. The van der Waals surface area contributed by atoms with Crippen LogP contribution in [0.15, 0.2) is 77.7 Å². The minimum Gasteiger partial charge on any atom is -0.322 e. The number of carbonyl (C=O) groups excluding carboxylic acids is 1. The number of sulfonamides is 1. The van der Waals surface area contributed by atoms with Crippen LogP contribution in [-0.2, 0) is 10.0 Å². The molecule has 4 aromatic rings. The third kappa shape index (κ3) is 4.60. The average Bonchev–Trinajstić information content (AvgIpc) is 3.29. The van der Waals surface area contributed by atoms with E-state index in [9.17, 15) is 13.2 Å². The number of carbonyl (C=O) groups is 1. The molecule has 2 heterocycles. The zero-order valence-corrected chi connectivity index (χ0v) is 20.3. The number of rotatable bonds is 5. The van der Waals surface area contributed by atoms with Crippen molar-refractivity contribution in [3.63, 3.8) is 0 Å². The van der Waals surface area contributed by atoms with Crippen LogP contribution >= 0.6 is 11.3 Å². The molecule has 5 rings (SSSR count). The van der Waals surface area contributed by atoms with E-state index >= 15 is 0 Å². The van der Waals surface area contributed by atoms with Crippen molar-refractivity contribution < 1.29 is 13.2 Å². The number of hydrogen-bond acceptors (Lipinski definition) is 6. The molecule has 0 spiro atoms. The number of benzene rings is 3. The van der Waals surface area contributed by atoms with Crippen molar-refractivity contribution in [2.24, 2.45) is 0 Å². The summed E-state index contributed by atoms with van der Waals surface area (Å²) in [6.45, 7) is 2.25. The summed E-state index contributed by atoms with van der Waals surface area (Å²) >= 11 is 1.59. The third-order valence-corrected chi connectivity index (χ3v) is 8.84. The van der Waals surface area contributed by atoms with Gasteiger partial charge in [0.15, 0.2) is 0 Å². The Hall–Kier alpha value is -3.11. The Bertz CT molecular complexity index is 1420. The predicted octanol–water partition coefficient (Wildman–Crippen LogP) is 4.15. The molecule has 0 saturated carbocycles.